The Hall–Kier alpha value is -1.75. The quantitative estimate of drug-likeness (QED) is 0.840. The van der Waals surface area contributed by atoms with Gasteiger partial charge in [0.05, 0.1) is 24.4 Å². The number of nitrogens with zero attached hydrogens (tertiary/aromatic N) is 2. The van der Waals surface area contributed by atoms with Crippen LogP contribution in [-0.4, -0.2) is 29.9 Å². The number of benzene rings is 1. The van der Waals surface area contributed by atoms with Crippen LogP contribution in [-0.2, 0) is 11.3 Å². The normalized spacial score (nSPS) is 21.1. The lowest BCUT2D eigenvalue weighted by molar-refractivity contribution is -0.121. The standard InChI is InChI=1S/C12H12ClN3O2/c1-6-11(17)15-12-14-8-3-4-9(18-2)10(13)7(8)5-16(6)12/h3-4,6H,5H2,1-2H3,(H,14,15,17)/t6-/m1/s1. The van der Waals surface area contributed by atoms with Crippen molar-refractivity contribution >= 4 is 29.2 Å². The van der Waals surface area contributed by atoms with Crippen LogP contribution >= 0.6 is 11.6 Å². The van der Waals surface area contributed by atoms with Gasteiger partial charge in [-0.05, 0) is 19.1 Å². The van der Waals surface area contributed by atoms with Crippen LogP contribution in [0.3, 0.4) is 0 Å². The van der Waals surface area contributed by atoms with Gasteiger partial charge in [-0.3, -0.25) is 10.1 Å². The van der Waals surface area contributed by atoms with Gasteiger partial charge in [-0.15, -0.1) is 0 Å². The molecule has 0 unspecified atom stereocenters. The van der Waals surface area contributed by atoms with Gasteiger partial charge in [-0.25, -0.2) is 4.99 Å². The number of hydrogen-bond donors (Lipinski definition) is 1. The van der Waals surface area contributed by atoms with E-state index in [0.29, 0.717) is 23.3 Å². The maximum atomic E-state index is 11.6. The predicted molar refractivity (Wildman–Crippen MR) is 68.2 cm³/mol. The molecule has 18 heavy (non-hydrogen) atoms. The van der Waals surface area contributed by atoms with E-state index in [-0.39, 0.29) is 11.9 Å². The molecule has 6 heteroatoms. The average molecular weight is 266 g/mol. The minimum absolute atomic E-state index is 0.0374. The summed E-state index contributed by atoms with van der Waals surface area (Å²) in [6, 6.07) is 3.40. The molecule has 2 aliphatic heterocycles. The van der Waals surface area contributed by atoms with E-state index in [9.17, 15) is 4.79 Å². The number of guanidine groups is 1. The SMILES string of the molecule is COc1ccc2c(c1Cl)CN1C(=N2)NC(=O)[C@H]1C. The van der Waals surface area contributed by atoms with Gasteiger partial charge in [0, 0.05) is 5.56 Å². The zero-order chi connectivity index (χ0) is 12.9. The molecule has 1 saturated heterocycles. The molecule has 3 rings (SSSR count). The summed E-state index contributed by atoms with van der Waals surface area (Å²) in [5, 5.41) is 3.32. The minimum atomic E-state index is -0.223. The Bertz CT molecular complexity index is 571. The molecule has 2 heterocycles. The first kappa shape index (κ1) is 11.3. The lowest BCUT2D eigenvalue weighted by Gasteiger charge is -2.27. The molecule has 0 bridgehead atoms. The van der Waals surface area contributed by atoms with Crippen molar-refractivity contribution in [2.24, 2.45) is 4.99 Å². The number of rotatable bonds is 1. The van der Waals surface area contributed by atoms with Crippen molar-refractivity contribution in [2.75, 3.05) is 7.11 Å². The van der Waals surface area contributed by atoms with Crippen molar-refractivity contribution in [3.8, 4) is 5.75 Å². The summed E-state index contributed by atoms with van der Waals surface area (Å²) >= 11 is 6.28. The summed E-state index contributed by atoms with van der Waals surface area (Å²) in [7, 11) is 1.58. The Balaban J connectivity index is 2.09. The van der Waals surface area contributed by atoms with Gasteiger partial charge in [0.25, 0.3) is 0 Å². The van der Waals surface area contributed by atoms with Crippen LogP contribution in [0.25, 0.3) is 0 Å². The van der Waals surface area contributed by atoms with E-state index in [1.165, 1.54) is 0 Å². The zero-order valence-corrected chi connectivity index (χ0v) is 10.8. The van der Waals surface area contributed by atoms with Crippen molar-refractivity contribution in [1.29, 1.82) is 0 Å². The van der Waals surface area contributed by atoms with Crippen LogP contribution in [0.4, 0.5) is 5.69 Å². The number of aliphatic imine (C=N–C) groups is 1. The van der Waals surface area contributed by atoms with Crippen LogP contribution in [0.15, 0.2) is 17.1 Å². The Kier molecular flexibility index (Phi) is 2.45. The maximum absolute atomic E-state index is 11.6. The lowest BCUT2D eigenvalue weighted by atomic mass is 10.1. The van der Waals surface area contributed by atoms with Crippen molar-refractivity contribution in [1.82, 2.24) is 10.2 Å². The number of fused-ring (bicyclic) bond motifs is 2. The molecule has 1 aromatic carbocycles. The van der Waals surface area contributed by atoms with E-state index in [1.807, 2.05) is 17.9 Å². The van der Waals surface area contributed by atoms with E-state index in [2.05, 4.69) is 10.3 Å². The topological polar surface area (TPSA) is 53.9 Å². The molecule has 1 atom stereocenters. The number of ether oxygens (including phenoxy) is 1. The fraction of sp³-hybridized carbons (Fsp3) is 0.333. The van der Waals surface area contributed by atoms with Crippen LogP contribution in [0.1, 0.15) is 12.5 Å². The fourth-order valence-electron chi connectivity index (χ4n) is 2.20. The summed E-state index contributed by atoms with van der Waals surface area (Å²) in [5.74, 6) is 1.19. The van der Waals surface area contributed by atoms with Gasteiger partial charge in [0.1, 0.15) is 11.8 Å². The van der Waals surface area contributed by atoms with Crippen LogP contribution in [0.2, 0.25) is 5.02 Å². The molecule has 1 amide bonds. The maximum Gasteiger partial charge on any atom is 0.249 e. The molecule has 0 aliphatic carbocycles. The molecule has 5 nitrogen and oxygen atoms in total. The van der Waals surface area contributed by atoms with E-state index in [4.69, 9.17) is 16.3 Å². The highest BCUT2D eigenvalue weighted by Gasteiger charge is 2.36. The highest BCUT2D eigenvalue weighted by atomic mass is 35.5. The van der Waals surface area contributed by atoms with E-state index < -0.39 is 0 Å². The largest absolute Gasteiger partial charge is 0.495 e. The first-order valence-corrected chi connectivity index (χ1v) is 6.01. The number of nitrogens with one attached hydrogen (secondary N) is 1. The Morgan fingerprint density at radius 2 is 2.33 bits per heavy atom. The van der Waals surface area contributed by atoms with Gasteiger partial charge in [0.2, 0.25) is 11.9 Å². The fourth-order valence-corrected chi connectivity index (χ4v) is 2.50. The molecule has 1 N–H and O–H groups in total. The minimum Gasteiger partial charge on any atom is -0.495 e. The van der Waals surface area contributed by atoms with Crippen molar-refractivity contribution in [3.05, 3.63) is 22.7 Å². The third kappa shape index (κ3) is 1.47. The number of methoxy groups -OCH3 is 1. The average Bonchev–Trinajstić information content (AvgIpc) is 2.64. The Morgan fingerprint density at radius 1 is 1.56 bits per heavy atom. The van der Waals surface area contributed by atoms with Gasteiger partial charge in [-0.1, -0.05) is 11.6 Å². The number of halogens is 1. The van der Waals surface area contributed by atoms with Crippen LogP contribution in [0, 0.1) is 0 Å². The molecule has 0 aromatic heterocycles. The van der Waals surface area contributed by atoms with Crippen molar-refractivity contribution < 1.29 is 9.53 Å². The molecule has 0 spiro atoms. The van der Waals surface area contributed by atoms with Gasteiger partial charge in [0.15, 0.2) is 0 Å². The molecule has 2 aliphatic rings. The smallest absolute Gasteiger partial charge is 0.249 e. The van der Waals surface area contributed by atoms with Gasteiger partial charge < -0.3 is 9.64 Å². The molecule has 0 radical (unpaired) electrons. The lowest BCUT2D eigenvalue weighted by Crippen LogP contribution is -2.35. The second kappa shape index (κ2) is 3.88. The van der Waals surface area contributed by atoms with E-state index >= 15 is 0 Å². The third-order valence-electron chi connectivity index (χ3n) is 3.31. The third-order valence-corrected chi connectivity index (χ3v) is 3.73. The zero-order valence-electron chi connectivity index (χ0n) is 10.0. The van der Waals surface area contributed by atoms with E-state index in [0.717, 1.165) is 11.3 Å². The number of carbonyl (C=O) groups is 1. The Morgan fingerprint density at radius 3 is 3.06 bits per heavy atom. The second-order valence-electron chi connectivity index (χ2n) is 4.31. The summed E-state index contributed by atoms with van der Waals surface area (Å²) in [5.41, 5.74) is 1.67. The van der Waals surface area contributed by atoms with Crippen molar-refractivity contribution in [2.45, 2.75) is 19.5 Å². The molecular weight excluding hydrogens is 254 g/mol. The predicted octanol–water partition coefficient (Wildman–Crippen LogP) is 1.67. The molecule has 1 aromatic rings. The summed E-state index contributed by atoms with van der Waals surface area (Å²) in [6.07, 6.45) is 0. The van der Waals surface area contributed by atoms with Crippen LogP contribution < -0.4 is 10.1 Å². The molecule has 1 fully saturated rings. The second-order valence-corrected chi connectivity index (χ2v) is 4.69. The number of amides is 1. The van der Waals surface area contributed by atoms with Gasteiger partial charge >= 0.3 is 0 Å². The summed E-state index contributed by atoms with van der Waals surface area (Å²) < 4.78 is 5.19. The first-order valence-electron chi connectivity index (χ1n) is 5.63. The molecule has 0 saturated carbocycles. The van der Waals surface area contributed by atoms with Gasteiger partial charge in [-0.2, -0.15) is 0 Å². The highest BCUT2D eigenvalue weighted by molar-refractivity contribution is 6.33. The highest BCUT2D eigenvalue weighted by Crippen LogP contribution is 2.38. The summed E-state index contributed by atoms with van der Waals surface area (Å²) in [6.45, 7) is 2.40. The number of hydrogen-bond acceptors (Lipinski definition) is 4. The molecular formula is C12H12ClN3O2. The Labute approximate surface area is 109 Å². The molecule has 94 valence electrons. The van der Waals surface area contributed by atoms with E-state index in [1.54, 1.807) is 13.2 Å². The monoisotopic (exact) mass is 265 g/mol. The van der Waals surface area contributed by atoms with Crippen LogP contribution in [0.5, 0.6) is 5.75 Å². The number of carbonyl (C=O) groups excluding carboxylic acids is 1. The summed E-state index contributed by atoms with van der Waals surface area (Å²) in [4.78, 5) is 17.9. The van der Waals surface area contributed by atoms with Crippen molar-refractivity contribution in [3.63, 3.8) is 0 Å². The first-order chi connectivity index (χ1) is 8.61.